The van der Waals surface area contributed by atoms with Gasteiger partial charge in [-0.2, -0.15) is 0 Å². The monoisotopic (exact) mass is 202 g/mol. The fourth-order valence-corrected chi connectivity index (χ4v) is 1.90. The molecule has 15 heavy (non-hydrogen) atoms. The summed E-state index contributed by atoms with van der Waals surface area (Å²) in [6.07, 6.45) is 4.55. The minimum absolute atomic E-state index is 0.0740. The van der Waals surface area contributed by atoms with Gasteiger partial charge in [0.15, 0.2) is 0 Å². The van der Waals surface area contributed by atoms with Crippen molar-refractivity contribution >= 4 is 5.78 Å². The van der Waals surface area contributed by atoms with E-state index in [4.69, 9.17) is 0 Å². The molecule has 1 aromatic carbocycles. The first-order valence-electron chi connectivity index (χ1n) is 5.85. The van der Waals surface area contributed by atoms with Crippen LogP contribution in [0.5, 0.6) is 0 Å². The smallest absolute Gasteiger partial charge is 0.140 e. The van der Waals surface area contributed by atoms with E-state index >= 15 is 0 Å². The van der Waals surface area contributed by atoms with Crippen molar-refractivity contribution in [1.82, 2.24) is 0 Å². The normalized spacial score (nSPS) is 17.4. The predicted molar refractivity (Wildman–Crippen MR) is 61.8 cm³/mol. The Balaban J connectivity index is 1.88. The van der Waals surface area contributed by atoms with Crippen LogP contribution in [0.3, 0.4) is 0 Å². The van der Waals surface area contributed by atoms with Crippen molar-refractivity contribution in [2.75, 3.05) is 0 Å². The largest absolute Gasteiger partial charge is 0.299 e. The standard InChI is InChI=1S/C14H18O/c1-11(13-5-3-2-4-6-13)14(15)10-9-12-7-8-12/h2-6,11-12H,7-10H2,1H3. The lowest BCUT2D eigenvalue weighted by Crippen LogP contribution is -2.08. The number of carbonyl (C=O) groups excluding carboxylic acids is 1. The van der Waals surface area contributed by atoms with Crippen molar-refractivity contribution in [3.05, 3.63) is 35.9 Å². The van der Waals surface area contributed by atoms with Gasteiger partial charge in [0.1, 0.15) is 5.78 Å². The Morgan fingerprint density at radius 2 is 2.00 bits per heavy atom. The van der Waals surface area contributed by atoms with Crippen molar-refractivity contribution < 1.29 is 4.79 Å². The van der Waals surface area contributed by atoms with Crippen molar-refractivity contribution in [2.24, 2.45) is 5.92 Å². The van der Waals surface area contributed by atoms with E-state index in [0.29, 0.717) is 5.78 Å². The maximum Gasteiger partial charge on any atom is 0.140 e. The number of hydrogen-bond acceptors (Lipinski definition) is 1. The summed E-state index contributed by atoms with van der Waals surface area (Å²) in [5.74, 6) is 1.33. The van der Waals surface area contributed by atoms with Crippen LogP contribution in [0.25, 0.3) is 0 Å². The third kappa shape index (κ3) is 2.92. The van der Waals surface area contributed by atoms with E-state index in [0.717, 1.165) is 24.3 Å². The van der Waals surface area contributed by atoms with Gasteiger partial charge in [0.2, 0.25) is 0 Å². The van der Waals surface area contributed by atoms with Gasteiger partial charge in [-0.1, -0.05) is 50.1 Å². The number of Topliss-reactive ketones (excluding diaryl/α,β-unsaturated/α-hetero) is 1. The maximum absolute atomic E-state index is 11.9. The summed E-state index contributed by atoms with van der Waals surface area (Å²) >= 11 is 0. The molecular formula is C14H18O. The molecule has 1 aliphatic carbocycles. The van der Waals surface area contributed by atoms with E-state index in [-0.39, 0.29) is 5.92 Å². The third-order valence-corrected chi connectivity index (χ3v) is 3.28. The molecule has 0 aliphatic heterocycles. The molecule has 0 heterocycles. The Labute approximate surface area is 91.5 Å². The first-order chi connectivity index (χ1) is 7.27. The minimum Gasteiger partial charge on any atom is -0.299 e. The van der Waals surface area contributed by atoms with Crippen molar-refractivity contribution in [3.8, 4) is 0 Å². The minimum atomic E-state index is 0.0740. The van der Waals surface area contributed by atoms with Crippen molar-refractivity contribution in [1.29, 1.82) is 0 Å². The molecule has 0 aromatic heterocycles. The highest BCUT2D eigenvalue weighted by Crippen LogP contribution is 2.34. The van der Waals surface area contributed by atoms with Gasteiger partial charge in [0.05, 0.1) is 0 Å². The van der Waals surface area contributed by atoms with Crippen LogP contribution in [0, 0.1) is 5.92 Å². The average molecular weight is 202 g/mol. The molecule has 0 N–H and O–H groups in total. The van der Waals surface area contributed by atoms with Crippen LogP contribution in [0.4, 0.5) is 0 Å². The molecule has 1 fully saturated rings. The first kappa shape index (κ1) is 10.4. The Bertz CT molecular complexity index is 324. The van der Waals surface area contributed by atoms with E-state index in [2.05, 4.69) is 0 Å². The van der Waals surface area contributed by atoms with Crippen LogP contribution in [0.2, 0.25) is 0 Å². The number of carbonyl (C=O) groups is 1. The molecule has 1 unspecified atom stereocenters. The topological polar surface area (TPSA) is 17.1 Å². The van der Waals surface area contributed by atoms with Crippen LogP contribution < -0.4 is 0 Å². The van der Waals surface area contributed by atoms with E-state index in [1.54, 1.807) is 0 Å². The molecule has 0 bridgehead atoms. The van der Waals surface area contributed by atoms with Crippen LogP contribution in [0.1, 0.15) is 44.1 Å². The summed E-state index contributed by atoms with van der Waals surface area (Å²) in [6.45, 7) is 2.02. The molecule has 80 valence electrons. The van der Waals surface area contributed by atoms with Gasteiger partial charge in [-0.25, -0.2) is 0 Å². The fourth-order valence-electron chi connectivity index (χ4n) is 1.90. The van der Waals surface area contributed by atoms with Crippen LogP contribution in [-0.2, 0) is 4.79 Å². The lowest BCUT2D eigenvalue weighted by Gasteiger charge is -2.10. The number of benzene rings is 1. The summed E-state index contributed by atoms with van der Waals surface area (Å²) in [5, 5.41) is 0. The highest BCUT2D eigenvalue weighted by atomic mass is 16.1. The Morgan fingerprint density at radius 3 is 2.60 bits per heavy atom. The van der Waals surface area contributed by atoms with Crippen LogP contribution in [0.15, 0.2) is 30.3 Å². The molecule has 0 saturated heterocycles. The fraction of sp³-hybridized carbons (Fsp3) is 0.500. The van der Waals surface area contributed by atoms with E-state index in [1.165, 1.54) is 12.8 Å². The highest BCUT2D eigenvalue weighted by Gasteiger charge is 2.23. The zero-order chi connectivity index (χ0) is 10.7. The van der Waals surface area contributed by atoms with E-state index < -0.39 is 0 Å². The molecule has 0 spiro atoms. The summed E-state index contributed by atoms with van der Waals surface area (Å²) < 4.78 is 0. The number of rotatable bonds is 5. The highest BCUT2D eigenvalue weighted by molar-refractivity contribution is 5.85. The number of ketones is 1. The second kappa shape index (κ2) is 4.61. The molecule has 1 heteroatoms. The summed E-state index contributed by atoms with van der Waals surface area (Å²) in [5.41, 5.74) is 1.15. The van der Waals surface area contributed by atoms with Gasteiger partial charge >= 0.3 is 0 Å². The lowest BCUT2D eigenvalue weighted by molar-refractivity contribution is -0.120. The number of hydrogen-bond donors (Lipinski definition) is 0. The molecule has 1 aromatic rings. The Kier molecular flexibility index (Phi) is 3.20. The summed E-state index contributed by atoms with van der Waals surface area (Å²) in [6, 6.07) is 10.1. The van der Waals surface area contributed by atoms with E-state index in [1.807, 2.05) is 37.3 Å². The quantitative estimate of drug-likeness (QED) is 0.713. The second-order valence-electron chi connectivity index (χ2n) is 4.58. The van der Waals surface area contributed by atoms with Crippen molar-refractivity contribution in [3.63, 3.8) is 0 Å². The summed E-state index contributed by atoms with van der Waals surface area (Å²) in [4.78, 5) is 11.9. The van der Waals surface area contributed by atoms with Crippen molar-refractivity contribution in [2.45, 2.75) is 38.5 Å². The summed E-state index contributed by atoms with van der Waals surface area (Å²) in [7, 11) is 0. The third-order valence-electron chi connectivity index (χ3n) is 3.28. The van der Waals surface area contributed by atoms with Gasteiger partial charge < -0.3 is 0 Å². The average Bonchev–Trinajstić information content (AvgIpc) is 3.10. The lowest BCUT2D eigenvalue weighted by atomic mass is 9.93. The molecule has 1 atom stereocenters. The van der Waals surface area contributed by atoms with Gasteiger partial charge in [-0.15, -0.1) is 0 Å². The van der Waals surface area contributed by atoms with Gasteiger partial charge in [0.25, 0.3) is 0 Å². The second-order valence-corrected chi connectivity index (χ2v) is 4.58. The van der Waals surface area contributed by atoms with Gasteiger partial charge in [-0.05, 0) is 17.9 Å². The zero-order valence-electron chi connectivity index (χ0n) is 9.28. The first-order valence-corrected chi connectivity index (χ1v) is 5.85. The van der Waals surface area contributed by atoms with Crippen LogP contribution >= 0.6 is 0 Å². The zero-order valence-corrected chi connectivity index (χ0v) is 9.28. The predicted octanol–water partition coefficient (Wildman–Crippen LogP) is 3.55. The molecule has 0 radical (unpaired) electrons. The molecule has 0 amide bonds. The van der Waals surface area contributed by atoms with Gasteiger partial charge in [-0.3, -0.25) is 4.79 Å². The molecule has 1 nitrogen and oxygen atoms in total. The van der Waals surface area contributed by atoms with Gasteiger partial charge in [0, 0.05) is 12.3 Å². The molecule has 2 rings (SSSR count). The SMILES string of the molecule is CC(C(=O)CCC1CC1)c1ccccc1. The Hall–Kier alpha value is -1.11. The van der Waals surface area contributed by atoms with Crippen LogP contribution in [-0.4, -0.2) is 5.78 Å². The molecule has 1 saturated carbocycles. The molecular weight excluding hydrogens is 184 g/mol. The Morgan fingerprint density at radius 1 is 1.33 bits per heavy atom. The maximum atomic E-state index is 11.9. The van der Waals surface area contributed by atoms with E-state index in [9.17, 15) is 4.79 Å². The molecule has 1 aliphatic rings.